The van der Waals surface area contributed by atoms with Crippen LogP contribution in [0.1, 0.15) is 19.8 Å². The highest BCUT2D eigenvalue weighted by Crippen LogP contribution is 2.04. The van der Waals surface area contributed by atoms with Crippen molar-refractivity contribution in [3.05, 3.63) is 11.8 Å². The highest BCUT2D eigenvalue weighted by molar-refractivity contribution is 6.63. The zero-order chi connectivity index (χ0) is 6.57. The summed E-state index contributed by atoms with van der Waals surface area (Å²) in [6.07, 6.45) is 2.50. The Bertz CT molecular complexity index is 74.5. The molecular formula is C7H15Si. The van der Waals surface area contributed by atoms with Crippen molar-refractivity contribution in [2.45, 2.75) is 32.9 Å². The van der Waals surface area contributed by atoms with Gasteiger partial charge in [0.25, 0.3) is 0 Å². The molecule has 0 amide bonds. The van der Waals surface area contributed by atoms with Gasteiger partial charge in [-0.05, 0) is 6.42 Å². The van der Waals surface area contributed by atoms with E-state index in [-0.39, 0.29) is 8.80 Å². The summed E-state index contributed by atoms with van der Waals surface area (Å²) in [5.41, 5.74) is 0. The van der Waals surface area contributed by atoms with Crippen LogP contribution in [0.5, 0.6) is 0 Å². The molecule has 0 N–H and O–H groups in total. The van der Waals surface area contributed by atoms with E-state index in [9.17, 15) is 0 Å². The van der Waals surface area contributed by atoms with Crippen molar-refractivity contribution in [2.75, 3.05) is 0 Å². The smallest absolute Gasteiger partial charge is 0.0729 e. The zero-order valence-corrected chi connectivity index (χ0v) is 7.12. The first kappa shape index (κ1) is 7.96. The molecule has 0 unspecified atom stereocenters. The topological polar surface area (TPSA) is 0 Å². The van der Waals surface area contributed by atoms with Gasteiger partial charge in [-0.2, -0.15) is 0 Å². The number of hydrogen-bond donors (Lipinski definition) is 0. The first-order valence-corrected chi connectivity index (χ1v) is 5.66. The van der Waals surface area contributed by atoms with Crippen molar-refractivity contribution < 1.29 is 0 Å². The van der Waals surface area contributed by atoms with Crippen LogP contribution in [-0.4, -0.2) is 8.80 Å². The lowest BCUT2D eigenvalue weighted by Crippen LogP contribution is -2.03. The van der Waals surface area contributed by atoms with Crippen molar-refractivity contribution in [2.24, 2.45) is 0 Å². The molecule has 0 spiro atoms. The highest BCUT2D eigenvalue weighted by atomic mass is 28.3. The van der Waals surface area contributed by atoms with Gasteiger partial charge < -0.3 is 0 Å². The van der Waals surface area contributed by atoms with Gasteiger partial charge in [0.05, 0.1) is 8.80 Å². The fourth-order valence-corrected chi connectivity index (χ4v) is 1.30. The Labute approximate surface area is 54.2 Å². The first-order valence-electron chi connectivity index (χ1n) is 3.16. The van der Waals surface area contributed by atoms with Gasteiger partial charge in [-0.1, -0.05) is 31.6 Å². The standard InChI is InChI=1S/C7H15Si/c1-5-6-7(2)8(3)4/h2,5-6H2,1,3-4H3. The molecule has 1 heteroatoms. The van der Waals surface area contributed by atoms with Crippen LogP contribution in [0.25, 0.3) is 0 Å². The molecule has 0 aliphatic rings. The fourth-order valence-electron chi connectivity index (χ4n) is 0.552. The van der Waals surface area contributed by atoms with Crippen molar-refractivity contribution in [3.8, 4) is 0 Å². The molecule has 0 aliphatic heterocycles. The fraction of sp³-hybridized carbons (Fsp3) is 0.714. The van der Waals surface area contributed by atoms with E-state index in [2.05, 4.69) is 26.6 Å². The molecule has 0 saturated carbocycles. The van der Waals surface area contributed by atoms with Crippen molar-refractivity contribution in [3.63, 3.8) is 0 Å². The SMILES string of the molecule is C=C(CCC)[Si](C)C. The van der Waals surface area contributed by atoms with Crippen LogP contribution in [-0.2, 0) is 0 Å². The molecule has 0 aliphatic carbocycles. The van der Waals surface area contributed by atoms with Gasteiger partial charge in [0.15, 0.2) is 0 Å². The molecule has 0 fully saturated rings. The van der Waals surface area contributed by atoms with Gasteiger partial charge in [-0.3, -0.25) is 0 Å². The Balaban J connectivity index is 3.33. The third-order valence-electron chi connectivity index (χ3n) is 1.26. The van der Waals surface area contributed by atoms with Crippen LogP contribution >= 0.6 is 0 Å². The zero-order valence-electron chi connectivity index (χ0n) is 6.12. The maximum atomic E-state index is 3.99. The number of rotatable bonds is 3. The van der Waals surface area contributed by atoms with Crippen molar-refractivity contribution in [1.82, 2.24) is 0 Å². The molecule has 0 aromatic heterocycles. The minimum absolute atomic E-state index is 0.169. The maximum absolute atomic E-state index is 3.99. The van der Waals surface area contributed by atoms with Crippen LogP contribution in [0.3, 0.4) is 0 Å². The summed E-state index contributed by atoms with van der Waals surface area (Å²) in [5.74, 6) is 0. The summed E-state index contributed by atoms with van der Waals surface area (Å²) in [5, 5.41) is 1.48. The van der Waals surface area contributed by atoms with Crippen molar-refractivity contribution >= 4 is 8.80 Å². The summed E-state index contributed by atoms with van der Waals surface area (Å²) in [7, 11) is -0.169. The van der Waals surface area contributed by atoms with Crippen LogP contribution in [0.15, 0.2) is 11.8 Å². The Hall–Kier alpha value is -0.0431. The minimum atomic E-state index is -0.169. The number of hydrogen-bond acceptors (Lipinski definition) is 0. The quantitative estimate of drug-likeness (QED) is 0.511. The average Bonchev–Trinajstić information content (AvgIpc) is 1.67. The molecule has 0 aromatic carbocycles. The van der Waals surface area contributed by atoms with E-state index in [1.807, 2.05) is 0 Å². The van der Waals surface area contributed by atoms with Gasteiger partial charge in [0, 0.05) is 0 Å². The van der Waals surface area contributed by atoms with E-state index in [0.29, 0.717) is 0 Å². The minimum Gasteiger partial charge on any atom is -0.104 e. The summed E-state index contributed by atoms with van der Waals surface area (Å²) in [6.45, 7) is 10.8. The summed E-state index contributed by atoms with van der Waals surface area (Å²) in [6, 6.07) is 0. The lowest BCUT2D eigenvalue weighted by Gasteiger charge is -2.03. The molecule has 47 valence electrons. The Morgan fingerprint density at radius 2 is 2.00 bits per heavy atom. The molecule has 0 bridgehead atoms. The second-order valence-electron chi connectivity index (χ2n) is 2.35. The van der Waals surface area contributed by atoms with E-state index in [1.165, 1.54) is 18.0 Å². The van der Waals surface area contributed by atoms with Crippen LogP contribution in [0.2, 0.25) is 13.1 Å². The van der Waals surface area contributed by atoms with Gasteiger partial charge in [-0.25, -0.2) is 0 Å². The lowest BCUT2D eigenvalue weighted by atomic mass is 10.3. The summed E-state index contributed by atoms with van der Waals surface area (Å²) < 4.78 is 0. The lowest BCUT2D eigenvalue weighted by molar-refractivity contribution is 0.942. The Kier molecular flexibility index (Phi) is 3.88. The second kappa shape index (κ2) is 3.90. The van der Waals surface area contributed by atoms with Gasteiger partial charge in [0.1, 0.15) is 0 Å². The average molecular weight is 127 g/mol. The molecule has 0 atom stereocenters. The predicted octanol–water partition coefficient (Wildman–Crippen LogP) is 2.64. The van der Waals surface area contributed by atoms with Gasteiger partial charge in [0.2, 0.25) is 0 Å². The molecule has 8 heavy (non-hydrogen) atoms. The first-order chi connectivity index (χ1) is 3.68. The molecule has 1 radical (unpaired) electrons. The molecule has 0 heterocycles. The Morgan fingerprint density at radius 3 is 2.12 bits per heavy atom. The van der Waals surface area contributed by atoms with Crippen LogP contribution in [0, 0.1) is 0 Å². The van der Waals surface area contributed by atoms with Crippen molar-refractivity contribution in [1.29, 1.82) is 0 Å². The maximum Gasteiger partial charge on any atom is 0.0729 e. The normalized spacial score (nSPS) is 10.0. The molecule has 0 rings (SSSR count). The van der Waals surface area contributed by atoms with Crippen LogP contribution in [0.4, 0.5) is 0 Å². The third-order valence-corrected chi connectivity index (χ3v) is 2.92. The van der Waals surface area contributed by atoms with E-state index in [4.69, 9.17) is 0 Å². The van der Waals surface area contributed by atoms with E-state index < -0.39 is 0 Å². The van der Waals surface area contributed by atoms with Gasteiger partial charge in [-0.15, -0.1) is 6.58 Å². The van der Waals surface area contributed by atoms with Gasteiger partial charge >= 0.3 is 0 Å². The number of allylic oxidation sites excluding steroid dienone is 1. The summed E-state index contributed by atoms with van der Waals surface area (Å²) in [4.78, 5) is 0. The third kappa shape index (κ3) is 3.02. The monoisotopic (exact) mass is 127 g/mol. The molecule has 0 nitrogen and oxygen atoms in total. The Morgan fingerprint density at radius 1 is 1.50 bits per heavy atom. The van der Waals surface area contributed by atoms with E-state index in [0.717, 1.165) is 0 Å². The molecular weight excluding hydrogens is 112 g/mol. The van der Waals surface area contributed by atoms with Crippen LogP contribution < -0.4 is 0 Å². The molecule has 0 saturated heterocycles. The van der Waals surface area contributed by atoms with E-state index >= 15 is 0 Å². The summed E-state index contributed by atoms with van der Waals surface area (Å²) >= 11 is 0. The highest BCUT2D eigenvalue weighted by Gasteiger charge is 1.98. The molecule has 0 aromatic rings. The van der Waals surface area contributed by atoms with E-state index in [1.54, 1.807) is 0 Å². The predicted molar refractivity (Wildman–Crippen MR) is 41.5 cm³/mol. The largest absolute Gasteiger partial charge is 0.104 e. The second-order valence-corrected chi connectivity index (χ2v) is 5.06.